The van der Waals surface area contributed by atoms with Gasteiger partial charge < -0.3 is 15.0 Å². The van der Waals surface area contributed by atoms with Gasteiger partial charge in [-0.15, -0.1) is 0 Å². The minimum absolute atomic E-state index is 0.0207. The first kappa shape index (κ1) is 31.0. The summed E-state index contributed by atoms with van der Waals surface area (Å²) in [7, 11) is -2.77. The van der Waals surface area contributed by atoms with Crippen LogP contribution < -0.4 is 14.4 Å². The molecule has 0 unspecified atom stereocenters. The number of halogens is 1. The van der Waals surface area contributed by atoms with E-state index in [2.05, 4.69) is 5.32 Å². The van der Waals surface area contributed by atoms with Crippen molar-refractivity contribution >= 4 is 39.1 Å². The largest absolute Gasteiger partial charge is 0.495 e. The van der Waals surface area contributed by atoms with Gasteiger partial charge in [0.05, 0.1) is 17.7 Å². The molecule has 0 aromatic heterocycles. The molecule has 2 amide bonds. The summed E-state index contributed by atoms with van der Waals surface area (Å²) in [5.74, 6) is -0.608. The van der Waals surface area contributed by atoms with Crippen molar-refractivity contribution in [2.75, 3.05) is 18.0 Å². The van der Waals surface area contributed by atoms with Gasteiger partial charge in [-0.3, -0.25) is 13.9 Å². The predicted octanol–water partition coefficient (Wildman–Crippen LogP) is 5.18. The van der Waals surface area contributed by atoms with E-state index in [4.69, 9.17) is 16.3 Å². The molecular formula is C30H36ClN3O5S. The summed E-state index contributed by atoms with van der Waals surface area (Å²) < 4.78 is 34.5. The van der Waals surface area contributed by atoms with Crippen molar-refractivity contribution in [3.05, 3.63) is 88.9 Å². The molecule has 0 bridgehead atoms. The maximum Gasteiger partial charge on any atom is 0.264 e. The van der Waals surface area contributed by atoms with Crippen LogP contribution >= 0.6 is 11.6 Å². The zero-order valence-corrected chi connectivity index (χ0v) is 25.0. The fourth-order valence-electron chi connectivity index (χ4n) is 4.30. The summed E-state index contributed by atoms with van der Waals surface area (Å²) in [4.78, 5) is 28.8. The number of hydrogen-bond acceptors (Lipinski definition) is 5. The number of aryl methyl sites for hydroxylation is 1. The molecule has 0 saturated carbocycles. The summed E-state index contributed by atoms with van der Waals surface area (Å²) in [6, 6.07) is 19.1. The molecule has 0 heterocycles. The molecule has 0 aliphatic rings. The summed E-state index contributed by atoms with van der Waals surface area (Å²) in [6.07, 6.45) is 0.314. The van der Waals surface area contributed by atoms with Crippen molar-refractivity contribution in [1.29, 1.82) is 0 Å². The van der Waals surface area contributed by atoms with E-state index >= 15 is 0 Å². The van der Waals surface area contributed by atoms with Gasteiger partial charge in [0, 0.05) is 17.6 Å². The van der Waals surface area contributed by atoms with Gasteiger partial charge in [0.25, 0.3) is 10.0 Å². The molecule has 0 saturated heterocycles. The number of carbonyl (C=O) groups is 2. The average molecular weight is 586 g/mol. The van der Waals surface area contributed by atoms with Gasteiger partial charge in [0.2, 0.25) is 11.8 Å². The second-order valence-corrected chi connectivity index (χ2v) is 12.0. The molecule has 0 aliphatic carbocycles. The molecule has 0 spiro atoms. The fraction of sp³-hybridized carbons (Fsp3) is 0.333. The van der Waals surface area contributed by atoms with Gasteiger partial charge in [0.15, 0.2) is 0 Å². The minimum Gasteiger partial charge on any atom is -0.495 e. The highest BCUT2D eigenvalue weighted by Gasteiger charge is 2.35. The third-order valence-electron chi connectivity index (χ3n) is 6.36. The van der Waals surface area contributed by atoms with E-state index in [1.54, 1.807) is 67.6 Å². The first-order chi connectivity index (χ1) is 19.0. The summed E-state index contributed by atoms with van der Waals surface area (Å²) in [5.41, 5.74) is 1.74. The molecule has 214 valence electrons. The van der Waals surface area contributed by atoms with Crippen molar-refractivity contribution in [2.45, 2.75) is 57.6 Å². The molecule has 0 fully saturated rings. The van der Waals surface area contributed by atoms with Crippen LogP contribution in [0.25, 0.3) is 0 Å². The monoisotopic (exact) mass is 585 g/mol. The highest BCUT2D eigenvalue weighted by molar-refractivity contribution is 7.92. The van der Waals surface area contributed by atoms with Gasteiger partial charge in [-0.1, -0.05) is 66.6 Å². The second kappa shape index (κ2) is 13.7. The lowest BCUT2D eigenvalue weighted by atomic mass is 10.1. The number of carbonyl (C=O) groups excluding carboxylic acids is 2. The van der Waals surface area contributed by atoms with Crippen molar-refractivity contribution < 1.29 is 22.7 Å². The fourth-order valence-corrected chi connectivity index (χ4v) is 5.92. The number of benzene rings is 3. The Bertz CT molecular complexity index is 1430. The summed E-state index contributed by atoms with van der Waals surface area (Å²) in [6.45, 7) is 6.79. The van der Waals surface area contributed by atoms with Crippen LogP contribution in [0.5, 0.6) is 5.75 Å². The van der Waals surface area contributed by atoms with Crippen LogP contribution in [0.2, 0.25) is 5.02 Å². The average Bonchev–Trinajstić information content (AvgIpc) is 2.92. The third kappa shape index (κ3) is 7.34. The van der Waals surface area contributed by atoms with Crippen LogP contribution in [0, 0.1) is 6.92 Å². The van der Waals surface area contributed by atoms with E-state index in [1.807, 2.05) is 20.8 Å². The number of para-hydroxylation sites is 2. The number of hydrogen-bond donors (Lipinski definition) is 1. The number of rotatable bonds is 12. The number of anilines is 1. The first-order valence-corrected chi connectivity index (χ1v) is 14.9. The van der Waals surface area contributed by atoms with Crippen molar-refractivity contribution in [1.82, 2.24) is 10.2 Å². The van der Waals surface area contributed by atoms with Gasteiger partial charge in [0.1, 0.15) is 18.3 Å². The lowest BCUT2D eigenvalue weighted by Gasteiger charge is -2.34. The number of amides is 2. The second-order valence-electron chi connectivity index (χ2n) is 9.70. The first-order valence-electron chi connectivity index (χ1n) is 13.0. The van der Waals surface area contributed by atoms with E-state index in [-0.39, 0.29) is 34.8 Å². The maximum atomic E-state index is 14.1. The number of nitrogens with zero attached hydrogens (tertiary/aromatic N) is 2. The van der Waals surface area contributed by atoms with Crippen LogP contribution in [-0.4, -0.2) is 50.9 Å². The Morgan fingerprint density at radius 2 is 1.60 bits per heavy atom. The van der Waals surface area contributed by atoms with Crippen LogP contribution in [-0.2, 0) is 26.2 Å². The maximum absolute atomic E-state index is 14.1. The summed E-state index contributed by atoms with van der Waals surface area (Å²) >= 11 is 6.43. The highest BCUT2D eigenvalue weighted by Crippen LogP contribution is 2.33. The molecule has 0 aliphatic heterocycles. The Labute approximate surface area is 241 Å². The van der Waals surface area contributed by atoms with E-state index in [9.17, 15) is 18.0 Å². The molecule has 1 N–H and O–H groups in total. The van der Waals surface area contributed by atoms with Gasteiger partial charge >= 0.3 is 0 Å². The van der Waals surface area contributed by atoms with Crippen LogP contribution in [0.4, 0.5) is 5.69 Å². The topological polar surface area (TPSA) is 96.0 Å². The van der Waals surface area contributed by atoms with Crippen molar-refractivity contribution in [3.8, 4) is 5.75 Å². The Hall–Kier alpha value is -3.56. The Morgan fingerprint density at radius 1 is 0.975 bits per heavy atom. The van der Waals surface area contributed by atoms with Gasteiger partial charge in [-0.05, 0) is 63.1 Å². The standard InChI is InChI=1S/C30H36ClN3O5S/c1-6-26(30(36)32-21(2)3)33(19-23-11-7-8-12-25(23)31)29(35)20-34(27-13-9-10-14-28(27)39-5)40(37,38)24-17-15-22(4)16-18-24/h7-18,21,26H,6,19-20H2,1-5H3,(H,32,36)/t26-/m0/s1. The Kier molecular flexibility index (Phi) is 10.6. The lowest BCUT2D eigenvalue weighted by molar-refractivity contribution is -0.140. The quantitative estimate of drug-likeness (QED) is 0.316. The van der Waals surface area contributed by atoms with Gasteiger partial charge in [-0.25, -0.2) is 8.42 Å². The van der Waals surface area contributed by atoms with Crippen LogP contribution in [0.15, 0.2) is 77.7 Å². The normalized spacial score (nSPS) is 12.1. The summed E-state index contributed by atoms with van der Waals surface area (Å²) in [5, 5.41) is 3.31. The molecule has 0 radical (unpaired) electrons. The number of nitrogens with one attached hydrogen (secondary N) is 1. The molecule has 8 nitrogen and oxygen atoms in total. The number of methoxy groups -OCH3 is 1. The Balaban J connectivity index is 2.11. The molecule has 40 heavy (non-hydrogen) atoms. The number of sulfonamides is 1. The SMILES string of the molecule is CC[C@@H](C(=O)NC(C)C)N(Cc1ccccc1Cl)C(=O)CN(c1ccccc1OC)S(=O)(=O)c1ccc(C)cc1. The van der Waals surface area contributed by atoms with Crippen LogP contribution in [0.1, 0.15) is 38.3 Å². The number of ether oxygens (including phenoxy) is 1. The molecular weight excluding hydrogens is 550 g/mol. The molecule has 3 rings (SSSR count). The van der Waals surface area contributed by atoms with E-state index in [1.165, 1.54) is 24.1 Å². The van der Waals surface area contributed by atoms with E-state index in [0.29, 0.717) is 17.0 Å². The zero-order valence-electron chi connectivity index (χ0n) is 23.4. The van der Waals surface area contributed by atoms with E-state index in [0.717, 1.165) is 9.87 Å². The molecule has 10 heteroatoms. The van der Waals surface area contributed by atoms with Crippen molar-refractivity contribution in [3.63, 3.8) is 0 Å². The molecule has 3 aromatic rings. The lowest BCUT2D eigenvalue weighted by Crippen LogP contribution is -2.53. The highest BCUT2D eigenvalue weighted by atomic mass is 35.5. The predicted molar refractivity (Wildman–Crippen MR) is 158 cm³/mol. The molecule has 1 atom stereocenters. The van der Waals surface area contributed by atoms with E-state index < -0.39 is 28.5 Å². The van der Waals surface area contributed by atoms with Crippen molar-refractivity contribution in [2.24, 2.45) is 0 Å². The zero-order chi connectivity index (χ0) is 29.4. The third-order valence-corrected chi connectivity index (χ3v) is 8.50. The minimum atomic E-state index is -4.21. The Morgan fingerprint density at radius 3 is 2.20 bits per heavy atom. The smallest absolute Gasteiger partial charge is 0.264 e. The van der Waals surface area contributed by atoms with Gasteiger partial charge in [-0.2, -0.15) is 0 Å². The molecule has 3 aromatic carbocycles. The van der Waals surface area contributed by atoms with Crippen LogP contribution in [0.3, 0.4) is 0 Å².